The van der Waals surface area contributed by atoms with Crippen molar-refractivity contribution in [2.45, 2.75) is 19.3 Å². The molecule has 0 spiro atoms. The Balaban J connectivity index is 2.46. The molecule has 1 aromatic heterocycles. The molecule has 0 saturated heterocycles. The van der Waals surface area contributed by atoms with Crippen LogP contribution in [0, 0.1) is 0 Å². The van der Waals surface area contributed by atoms with E-state index in [0.717, 1.165) is 30.3 Å². The van der Waals surface area contributed by atoms with Crippen LogP contribution in [0.25, 0.3) is 0 Å². The van der Waals surface area contributed by atoms with Gasteiger partial charge >= 0.3 is 0 Å². The highest BCUT2D eigenvalue weighted by Gasteiger charge is 1.97. The highest BCUT2D eigenvalue weighted by molar-refractivity contribution is 9.10. The quantitative estimate of drug-likeness (QED) is 0.803. The Morgan fingerprint density at radius 1 is 1.42 bits per heavy atom. The van der Waals surface area contributed by atoms with Crippen LogP contribution in [0.15, 0.2) is 22.9 Å². The van der Waals surface area contributed by atoms with Gasteiger partial charge in [0.15, 0.2) is 0 Å². The summed E-state index contributed by atoms with van der Waals surface area (Å²) in [7, 11) is 0. The van der Waals surface area contributed by atoms with E-state index in [1.54, 1.807) is 6.20 Å². The molecule has 3 heteroatoms. The number of hydrogen-bond acceptors (Lipinski definition) is 2. The molecule has 0 radical (unpaired) electrons. The number of rotatable bonds is 4. The monoisotopic (exact) mass is 228 g/mol. The van der Waals surface area contributed by atoms with E-state index in [-0.39, 0.29) is 0 Å². The molecule has 2 N–H and O–H groups in total. The zero-order valence-electron chi connectivity index (χ0n) is 6.96. The number of halogens is 1. The Labute approximate surface area is 81.3 Å². The number of aromatic nitrogens is 1. The zero-order chi connectivity index (χ0) is 8.81. The van der Waals surface area contributed by atoms with E-state index < -0.39 is 0 Å². The minimum atomic E-state index is 0.776. The van der Waals surface area contributed by atoms with Crippen molar-refractivity contribution < 1.29 is 0 Å². The molecule has 0 fully saturated rings. The first-order chi connectivity index (χ1) is 5.84. The number of nitrogens with two attached hydrogens (primary N) is 1. The number of aryl methyl sites for hydroxylation is 1. The van der Waals surface area contributed by atoms with Gasteiger partial charge in [-0.3, -0.25) is 4.98 Å². The molecule has 0 amide bonds. The van der Waals surface area contributed by atoms with Gasteiger partial charge in [0, 0.05) is 16.9 Å². The van der Waals surface area contributed by atoms with Gasteiger partial charge in [0.25, 0.3) is 0 Å². The third-order valence-electron chi connectivity index (χ3n) is 1.74. The molecule has 0 saturated carbocycles. The zero-order valence-corrected chi connectivity index (χ0v) is 8.55. The molecule has 2 nitrogen and oxygen atoms in total. The van der Waals surface area contributed by atoms with Crippen LogP contribution in [0.1, 0.15) is 18.4 Å². The normalized spacial score (nSPS) is 10.2. The topological polar surface area (TPSA) is 38.9 Å². The molecule has 0 aliphatic rings. The van der Waals surface area contributed by atoms with Crippen molar-refractivity contribution in [3.8, 4) is 0 Å². The average Bonchev–Trinajstić information content (AvgIpc) is 2.09. The van der Waals surface area contributed by atoms with Gasteiger partial charge < -0.3 is 5.73 Å². The average molecular weight is 229 g/mol. The maximum Gasteiger partial charge on any atom is 0.0311 e. The van der Waals surface area contributed by atoms with Gasteiger partial charge in [-0.2, -0.15) is 0 Å². The second-order valence-electron chi connectivity index (χ2n) is 2.71. The lowest BCUT2D eigenvalue weighted by Gasteiger charge is -2.01. The lowest BCUT2D eigenvalue weighted by Crippen LogP contribution is -1.99. The Morgan fingerprint density at radius 3 is 2.92 bits per heavy atom. The lowest BCUT2D eigenvalue weighted by molar-refractivity contribution is 0.741. The van der Waals surface area contributed by atoms with Crippen LogP contribution in [0.5, 0.6) is 0 Å². The first-order valence-corrected chi connectivity index (χ1v) is 4.92. The van der Waals surface area contributed by atoms with Crippen molar-refractivity contribution in [2.75, 3.05) is 6.54 Å². The van der Waals surface area contributed by atoms with Crippen molar-refractivity contribution in [3.63, 3.8) is 0 Å². The highest BCUT2D eigenvalue weighted by atomic mass is 79.9. The predicted molar refractivity (Wildman–Crippen MR) is 53.9 cm³/mol. The van der Waals surface area contributed by atoms with Gasteiger partial charge in [-0.15, -0.1) is 0 Å². The summed E-state index contributed by atoms with van der Waals surface area (Å²) in [6.45, 7) is 0.776. The van der Waals surface area contributed by atoms with Crippen molar-refractivity contribution in [1.29, 1.82) is 0 Å². The van der Waals surface area contributed by atoms with Crippen molar-refractivity contribution in [3.05, 3.63) is 28.5 Å². The summed E-state index contributed by atoms with van der Waals surface area (Å²) in [5.41, 5.74) is 6.67. The second kappa shape index (κ2) is 5.27. The maximum atomic E-state index is 5.40. The fourth-order valence-electron chi connectivity index (χ4n) is 1.05. The summed E-state index contributed by atoms with van der Waals surface area (Å²) in [5.74, 6) is 0. The largest absolute Gasteiger partial charge is 0.330 e. The van der Waals surface area contributed by atoms with E-state index in [1.807, 2.05) is 12.3 Å². The molecule has 0 unspecified atom stereocenters. The van der Waals surface area contributed by atoms with Crippen LogP contribution in [-0.2, 0) is 6.42 Å². The minimum absolute atomic E-state index is 0.776. The van der Waals surface area contributed by atoms with Gasteiger partial charge in [0.1, 0.15) is 0 Å². The van der Waals surface area contributed by atoms with E-state index in [4.69, 9.17) is 5.73 Å². The molecule has 1 aromatic rings. The molecule has 0 bridgehead atoms. The van der Waals surface area contributed by atoms with E-state index in [2.05, 4.69) is 20.9 Å². The standard InChI is InChI=1S/C9H13BrN2/c10-9-4-6-12-7-8(9)3-1-2-5-11/h4,6-7H,1-3,5,11H2. The van der Waals surface area contributed by atoms with Gasteiger partial charge in [0.2, 0.25) is 0 Å². The van der Waals surface area contributed by atoms with Crippen molar-refractivity contribution in [2.24, 2.45) is 5.73 Å². The van der Waals surface area contributed by atoms with Gasteiger partial charge in [-0.25, -0.2) is 0 Å². The second-order valence-corrected chi connectivity index (χ2v) is 3.57. The Kier molecular flexibility index (Phi) is 4.25. The Morgan fingerprint density at radius 2 is 2.25 bits per heavy atom. The van der Waals surface area contributed by atoms with E-state index in [0.29, 0.717) is 0 Å². The van der Waals surface area contributed by atoms with Crippen LogP contribution < -0.4 is 5.73 Å². The summed E-state index contributed by atoms with van der Waals surface area (Å²) in [4.78, 5) is 4.06. The lowest BCUT2D eigenvalue weighted by atomic mass is 10.1. The minimum Gasteiger partial charge on any atom is -0.330 e. The molecule has 1 heterocycles. The Bertz CT molecular complexity index is 238. The maximum absolute atomic E-state index is 5.40. The summed E-state index contributed by atoms with van der Waals surface area (Å²) in [6.07, 6.45) is 6.98. The number of unbranched alkanes of at least 4 members (excludes halogenated alkanes) is 1. The molecule has 1 rings (SSSR count). The number of hydrogen-bond donors (Lipinski definition) is 1. The SMILES string of the molecule is NCCCCc1cnccc1Br. The third-order valence-corrected chi connectivity index (χ3v) is 2.52. The first-order valence-electron chi connectivity index (χ1n) is 4.13. The fraction of sp³-hybridized carbons (Fsp3) is 0.444. The molecule has 66 valence electrons. The first kappa shape index (κ1) is 9.68. The molecule has 0 aliphatic carbocycles. The molecular weight excluding hydrogens is 216 g/mol. The smallest absolute Gasteiger partial charge is 0.0311 e. The van der Waals surface area contributed by atoms with E-state index in [1.165, 1.54) is 5.56 Å². The van der Waals surface area contributed by atoms with Crippen LogP contribution in [0.2, 0.25) is 0 Å². The van der Waals surface area contributed by atoms with E-state index in [9.17, 15) is 0 Å². The summed E-state index contributed by atoms with van der Waals surface area (Å²) in [5, 5.41) is 0. The number of nitrogens with zero attached hydrogens (tertiary/aromatic N) is 1. The number of pyridine rings is 1. The van der Waals surface area contributed by atoms with Crippen molar-refractivity contribution >= 4 is 15.9 Å². The van der Waals surface area contributed by atoms with Crippen LogP contribution in [-0.4, -0.2) is 11.5 Å². The van der Waals surface area contributed by atoms with Crippen LogP contribution in [0.4, 0.5) is 0 Å². The third kappa shape index (κ3) is 2.91. The summed E-state index contributed by atoms with van der Waals surface area (Å²) in [6, 6.07) is 1.97. The summed E-state index contributed by atoms with van der Waals surface area (Å²) >= 11 is 3.48. The van der Waals surface area contributed by atoms with Crippen LogP contribution in [0.3, 0.4) is 0 Å². The van der Waals surface area contributed by atoms with Crippen LogP contribution >= 0.6 is 15.9 Å². The molecule has 0 aromatic carbocycles. The van der Waals surface area contributed by atoms with Gasteiger partial charge in [-0.1, -0.05) is 15.9 Å². The highest BCUT2D eigenvalue weighted by Crippen LogP contribution is 2.16. The summed E-state index contributed by atoms with van der Waals surface area (Å²) < 4.78 is 1.15. The Hall–Kier alpha value is -0.410. The predicted octanol–water partition coefficient (Wildman–Crippen LogP) is 2.13. The molecular formula is C9H13BrN2. The molecule has 0 atom stereocenters. The molecule has 12 heavy (non-hydrogen) atoms. The van der Waals surface area contributed by atoms with Crippen molar-refractivity contribution in [1.82, 2.24) is 4.98 Å². The van der Waals surface area contributed by atoms with Gasteiger partial charge in [-0.05, 0) is 37.4 Å². The van der Waals surface area contributed by atoms with E-state index >= 15 is 0 Å². The van der Waals surface area contributed by atoms with Gasteiger partial charge in [0.05, 0.1) is 0 Å². The fourth-order valence-corrected chi connectivity index (χ4v) is 1.47. The molecule has 0 aliphatic heterocycles.